The average Bonchev–Trinajstić information content (AvgIpc) is 2.56. The second-order valence-electron chi connectivity index (χ2n) is 6.34. The molecular weight excluding hydrogens is 386 g/mol. The highest BCUT2D eigenvalue weighted by Gasteiger charge is 2.19. The van der Waals surface area contributed by atoms with Gasteiger partial charge in [0.25, 0.3) is 10.0 Å². The van der Waals surface area contributed by atoms with Crippen LogP contribution in [0.4, 0.5) is 11.4 Å². The lowest BCUT2D eigenvalue weighted by Crippen LogP contribution is -2.35. The third kappa shape index (κ3) is 6.23. The fourth-order valence-corrected chi connectivity index (χ4v) is 3.88. The largest absolute Gasteiger partial charge is 0.325 e. The first kappa shape index (κ1) is 23.0. The molecule has 27 heavy (non-hydrogen) atoms. The highest BCUT2D eigenvalue weighted by atomic mass is 35.5. The summed E-state index contributed by atoms with van der Waals surface area (Å²) in [5.74, 6) is -0.328. The molecule has 148 valence electrons. The van der Waals surface area contributed by atoms with Crippen molar-refractivity contribution >= 4 is 39.7 Å². The van der Waals surface area contributed by atoms with E-state index in [1.54, 1.807) is 37.3 Å². The molecule has 0 radical (unpaired) electrons. The van der Waals surface area contributed by atoms with Gasteiger partial charge in [0.2, 0.25) is 5.91 Å². The van der Waals surface area contributed by atoms with Gasteiger partial charge in [0, 0.05) is 11.4 Å². The van der Waals surface area contributed by atoms with Crippen molar-refractivity contribution in [3.8, 4) is 0 Å². The summed E-state index contributed by atoms with van der Waals surface area (Å²) in [6.45, 7) is 5.54. The number of halogens is 1. The van der Waals surface area contributed by atoms with E-state index in [0.717, 1.165) is 12.0 Å². The Bertz CT molecular complexity index is 901. The van der Waals surface area contributed by atoms with Crippen LogP contribution in [0.3, 0.4) is 0 Å². The number of anilines is 2. The van der Waals surface area contributed by atoms with Gasteiger partial charge < -0.3 is 11.1 Å². The van der Waals surface area contributed by atoms with Crippen molar-refractivity contribution in [1.29, 1.82) is 0 Å². The van der Waals surface area contributed by atoms with Crippen LogP contribution in [-0.2, 0) is 14.8 Å². The smallest absolute Gasteiger partial charge is 0.262 e. The quantitative estimate of drug-likeness (QED) is 0.647. The van der Waals surface area contributed by atoms with Crippen LogP contribution in [0, 0.1) is 13.8 Å². The molecule has 0 saturated heterocycles. The second-order valence-corrected chi connectivity index (χ2v) is 7.99. The minimum atomic E-state index is -3.78. The molecule has 0 aromatic heterocycles. The van der Waals surface area contributed by atoms with E-state index in [9.17, 15) is 13.2 Å². The highest BCUT2D eigenvalue weighted by molar-refractivity contribution is 7.92. The van der Waals surface area contributed by atoms with E-state index in [4.69, 9.17) is 5.73 Å². The molecule has 0 saturated carbocycles. The predicted molar refractivity (Wildman–Crippen MR) is 112 cm³/mol. The summed E-state index contributed by atoms with van der Waals surface area (Å²) in [7, 11) is -3.78. The molecule has 0 spiro atoms. The molecule has 2 aromatic rings. The second kappa shape index (κ2) is 9.73. The predicted octanol–water partition coefficient (Wildman–Crippen LogP) is 3.59. The van der Waals surface area contributed by atoms with Gasteiger partial charge in [-0.05, 0) is 55.7 Å². The minimum absolute atomic E-state index is 0. The number of nitrogens with one attached hydrogen (secondary N) is 2. The summed E-state index contributed by atoms with van der Waals surface area (Å²) in [6, 6.07) is 11.3. The number of rotatable bonds is 7. The minimum Gasteiger partial charge on any atom is -0.325 e. The van der Waals surface area contributed by atoms with Crippen LogP contribution in [0.25, 0.3) is 0 Å². The molecule has 6 nitrogen and oxygen atoms in total. The number of benzene rings is 2. The number of nitrogens with two attached hydrogens (primary N) is 1. The van der Waals surface area contributed by atoms with Crippen LogP contribution in [-0.4, -0.2) is 20.4 Å². The number of sulfonamides is 1. The van der Waals surface area contributed by atoms with Gasteiger partial charge in [-0.2, -0.15) is 0 Å². The van der Waals surface area contributed by atoms with Gasteiger partial charge in [-0.3, -0.25) is 9.52 Å². The van der Waals surface area contributed by atoms with Crippen LogP contribution in [0.15, 0.2) is 47.4 Å². The van der Waals surface area contributed by atoms with Crippen molar-refractivity contribution in [2.75, 3.05) is 10.0 Å². The van der Waals surface area contributed by atoms with Gasteiger partial charge in [-0.1, -0.05) is 31.5 Å². The fraction of sp³-hybridized carbons (Fsp3) is 0.316. The van der Waals surface area contributed by atoms with Gasteiger partial charge in [-0.25, -0.2) is 8.42 Å². The first-order valence-electron chi connectivity index (χ1n) is 8.49. The number of carbonyl (C=O) groups is 1. The Labute approximate surface area is 167 Å². The maximum absolute atomic E-state index is 12.8. The van der Waals surface area contributed by atoms with Crippen LogP contribution >= 0.6 is 12.4 Å². The van der Waals surface area contributed by atoms with Crippen molar-refractivity contribution in [3.05, 3.63) is 53.6 Å². The zero-order valence-electron chi connectivity index (χ0n) is 15.7. The average molecular weight is 412 g/mol. The first-order valence-corrected chi connectivity index (χ1v) is 9.98. The van der Waals surface area contributed by atoms with Crippen LogP contribution in [0.5, 0.6) is 0 Å². The van der Waals surface area contributed by atoms with E-state index in [2.05, 4.69) is 10.0 Å². The lowest BCUT2D eigenvalue weighted by Gasteiger charge is -2.14. The normalized spacial score (nSPS) is 12.0. The Morgan fingerprint density at radius 1 is 1.11 bits per heavy atom. The van der Waals surface area contributed by atoms with Gasteiger partial charge in [-0.15, -0.1) is 12.4 Å². The molecule has 1 atom stereocenters. The Kier molecular flexibility index (Phi) is 8.27. The molecule has 0 fully saturated rings. The maximum atomic E-state index is 12.8. The van der Waals surface area contributed by atoms with E-state index in [-0.39, 0.29) is 23.2 Å². The van der Waals surface area contributed by atoms with Crippen LogP contribution in [0.2, 0.25) is 0 Å². The third-order valence-corrected chi connectivity index (χ3v) is 5.48. The van der Waals surface area contributed by atoms with Crippen molar-refractivity contribution in [2.24, 2.45) is 5.73 Å². The van der Waals surface area contributed by atoms with E-state index in [1.807, 2.05) is 19.9 Å². The van der Waals surface area contributed by atoms with Crippen molar-refractivity contribution < 1.29 is 13.2 Å². The van der Waals surface area contributed by atoms with Crippen LogP contribution in [0.1, 0.15) is 30.9 Å². The lowest BCUT2D eigenvalue weighted by atomic mass is 10.1. The number of amides is 1. The van der Waals surface area contributed by atoms with Gasteiger partial charge in [0.05, 0.1) is 10.9 Å². The van der Waals surface area contributed by atoms with Gasteiger partial charge >= 0.3 is 0 Å². The molecular formula is C19H26ClN3O3S. The molecule has 2 aromatic carbocycles. The van der Waals surface area contributed by atoms with Crippen molar-refractivity contribution in [2.45, 2.75) is 44.6 Å². The maximum Gasteiger partial charge on any atom is 0.262 e. The summed E-state index contributed by atoms with van der Waals surface area (Å²) in [5.41, 5.74) is 8.23. The summed E-state index contributed by atoms with van der Waals surface area (Å²) < 4.78 is 28.1. The Balaban J connectivity index is 0.00000364. The Morgan fingerprint density at radius 3 is 2.44 bits per heavy atom. The fourth-order valence-electron chi connectivity index (χ4n) is 2.56. The number of aryl methyl sites for hydroxylation is 2. The van der Waals surface area contributed by atoms with E-state index in [1.165, 1.54) is 6.07 Å². The molecule has 8 heteroatoms. The monoisotopic (exact) mass is 411 g/mol. The third-order valence-electron chi connectivity index (χ3n) is 3.95. The van der Waals surface area contributed by atoms with Crippen molar-refractivity contribution in [3.63, 3.8) is 0 Å². The van der Waals surface area contributed by atoms with E-state index >= 15 is 0 Å². The standard InChI is InChI=1S/C19H25N3O3S.ClH/c1-4-6-17(20)19(23)21-15-10-9-14(3)18(12-15)26(24,25)22-16-8-5-7-13(2)11-16;/h5,7-12,17,22H,4,6,20H2,1-3H3,(H,21,23);1H. The molecule has 2 rings (SSSR count). The lowest BCUT2D eigenvalue weighted by molar-refractivity contribution is -0.117. The number of hydrogen-bond acceptors (Lipinski definition) is 4. The number of hydrogen-bond donors (Lipinski definition) is 3. The summed E-state index contributed by atoms with van der Waals surface area (Å²) >= 11 is 0. The Morgan fingerprint density at radius 2 is 1.81 bits per heavy atom. The first-order chi connectivity index (χ1) is 12.2. The molecule has 0 bridgehead atoms. The summed E-state index contributed by atoms with van der Waals surface area (Å²) in [5, 5.41) is 2.68. The Hall–Kier alpha value is -2.09. The highest BCUT2D eigenvalue weighted by Crippen LogP contribution is 2.23. The van der Waals surface area contributed by atoms with Crippen LogP contribution < -0.4 is 15.8 Å². The zero-order chi connectivity index (χ0) is 19.3. The molecule has 1 amide bonds. The molecule has 1 unspecified atom stereocenters. The molecule has 4 N–H and O–H groups in total. The molecule has 0 aliphatic heterocycles. The van der Waals surface area contributed by atoms with Gasteiger partial charge in [0.1, 0.15) is 0 Å². The SMILES string of the molecule is CCCC(N)C(=O)Nc1ccc(C)c(S(=O)(=O)Nc2cccc(C)c2)c1.Cl. The molecule has 0 heterocycles. The summed E-state index contributed by atoms with van der Waals surface area (Å²) in [6.07, 6.45) is 1.36. The van der Waals surface area contributed by atoms with E-state index < -0.39 is 16.1 Å². The number of carbonyl (C=O) groups excluding carboxylic acids is 1. The van der Waals surface area contributed by atoms with Crippen molar-refractivity contribution in [1.82, 2.24) is 0 Å². The zero-order valence-corrected chi connectivity index (χ0v) is 17.3. The summed E-state index contributed by atoms with van der Waals surface area (Å²) in [4.78, 5) is 12.2. The van der Waals surface area contributed by atoms with Gasteiger partial charge in [0.15, 0.2) is 0 Å². The topological polar surface area (TPSA) is 101 Å². The molecule has 0 aliphatic carbocycles. The van der Waals surface area contributed by atoms with E-state index in [0.29, 0.717) is 23.4 Å². The molecule has 0 aliphatic rings.